The van der Waals surface area contributed by atoms with Crippen molar-refractivity contribution in [2.45, 2.75) is 45.2 Å². The van der Waals surface area contributed by atoms with Crippen LogP contribution >= 0.6 is 0 Å². The average molecular weight is 264 g/mol. The summed E-state index contributed by atoms with van der Waals surface area (Å²) in [5.41, 5.74) is 1.49. The molecule has 0 bridgehead atoms. The largest absolute Gasteiger partial charge is 0.506 e. The molecule has 1 aromatic heterocycles. The number of aromatic nitrogens is 1. The van der Waals surface area contributed by atoms with Crippen LogP contribution in [-0.4, -0.2) is 27.2 Å². The Labute approximate surface area is 112 Å². The smallest absolute Gasteiger partial charge is 0.306 e. The standard InChI is InChI=1S/C14H20N2O3/c1-9-5-6-13(17)12(16-9)8-15-11-4-2-3-10(7-11)14(18)19/h5-6,10-11,15,17H,2-4,7-8H2,1H3,(H,18,19). The highest BCUT2D eigenvalue weighted by molar-refractivity contribution is 5.70. The molecule has 1 saturated carbocycles. The number of hydrogen-bond acceptors (Lipinski definition) is 4. The van der Waals surface area contributed by atoms with Gasteiger partial charge in [0.1, 0.15) is 5.75 Å². The molecule has 2 rings (SSSR count). The Kier molecular flexibility index (Phi) is 4.37. The van der Waals surface area contributed by atoms with E-state index in [4.69, 9.17) is 5.11 Å². The van der Waals surface area contributed by atoms with Gasteiger partial charge >= 0.3 is 5.97 Å². The summed E-state index contributed by atoms with van der Waals surface area (Å²) in [7, 11) is 0. The number of aryl methyl sites for hydroxylation is 1. The van der Waals surface area contributed by atoms with Crippen LogP contribution in [0.25, 0.3) is 0 Å². The van der Waals surface area contributed by atoms with Gasteiger partial charge in [0.2, 0.25) is 0 Å². The van der Waals surface area contributed by atoms with Gasteiger partial charge in [0.05, 0.1) is 11.6 Å². The van der Waals surface area contributed by atoms with Crippen molar-refractivity contribution in [2.24, 2.45) is 5.92 Å². The van der Waals surface area contributed by atoms with Crippen LogP contribution in [0.4, 0.5) is 0 Å². The van der Waals surface area contributed by atoms with E-state index in [0.29, 0.717) is 18.7 Å². The monoisotopic (exact) mass is 264 g/mol. The van der Waals surface area contributed by atoms with Gasteiger partial charge in [-0.2, -0.15) is 0 Å². The summed E-state index contributed by atoms with van der Waals surface area (Å²) in [5.74, 6) is -0.767. The first kappa shape index (κ1) is 13.8. The Morgan fingerprint density at radius 3 is 3.00 bits per heavy atom. The zero-order valence-electron chi connectivity index (χ0n) is 11.1. The van der Waals surface area contributed by atoms with Gasteiger partial charge in [-0.15, -0.1) is 0 Å². The normalized spacial score (nSPS) is 23.2. The molecule has 5 nitrogen and oxygen atoms in total. The zero-order chi connectivity index (χ0) is 13.8. The van der Waals surface area contributed by atoms with Gasteiger partial charge in [0.15, 0.2) is 0 Å². The van der Waals surface area contributed by atoms with Gasteiger partial charge in [-0.25, -0.2) is 0 Å². The van der Waals surface area contributed by atoms with E-state index in [-0.39, 0.29) is 17.7 Å². The average Bonchev–Trinajstić information content (AvgIpc) is 2.40. The number of carbonyl (C=O) groups is 1. The SMILES string of the molecule is Cc1ccc(O)c(CNC2CCCC(C(=O)O)C2)n1. The van der Waals surface area contributed by atoms with Gasteiger partial charge in [0, 0.05) is 18.3 Å². The van der Waals surface area contributed by atoms with Crippen LogP contribution in [0.2, 0.25) is 0 Å². The molecule has 0 radical (unpaired) electrons. The number of pyridine rings is 1. The topological polar surface area (TPSA) is 82.5 Å². The van der Waals surface area contributed by atoms with E-state index in [9.17, 15) is 9.90 Å². The van der Waals surface area contributed by atoms with Gasteiger partial charge in [-0.1, -0.05) is 6.42 Å². The van der Waals surface area contributed by atoms with Gasteiger partial charge in [-0.3, -0.25) is 9.78 Å². The van der Waals surface area contributed by atoms with Crippen molar-refractivity contribution in [3.05, 3.63) is 23.5 Å². The number of nitrogens with zero attached hydrogens (tertiary/aromatic N) is 1. The molecular weight excluding hydrogens is 244 g/mol. The Bertz CT molecular complexity index is 462. The highest BCUT2D eigenvalue weighted by Gasteiger charge is 2.26. The summed E-state index contributed by atoms with van der Waals surface area (Å²) >= 11 is 0. The van der Waals surface area contributed by atoms with Crippen LogP contribution in [0, 0.1) is 12.8 Å². The lowest BCUT2D eigenvalue weighted by atomic mass is 9.86. The molecule has 1 aliphatic rings. The fraction of sp³-hybridized carbons (Fsp3) is 0.571. The molecule has 0 saturated heterocycles. The Balaban J connectivity index is 1.91. The minimum Gasteiger partial charge on any atom is -0.506 e. The summed E-state index contributed by atoms with van der Waals surface area (Å²) in [6.45, 7) is 2.36. The predicted molar refractivity (Wildman–Crippen MR) is 70.9 cm³/mol. The fourth-order valence-corrected chi connectivity index (χ4v) is 2.57. The highest BCUT2D eigenvalue weighted by atomic mass is 16.4. The van der Waals surface area contributed by atoms with E-state index in [1.807, 2.05) is 6.92 Å². The molecule has 5 heteroatoms. The maximum atomic E-state index is 11.0. The molecule has 1 aromatic rings. The van der Waals surface area contributed by atoms with Crippen LogP contribution in [0.3, 0.4) is 0 Å². The predicted octanol–water partition coefficient (Wildman–Crippen LogP) is 1.83. The second kappa shape index (κ2) is 6.02. The number of hydrogen-bond donors (Lipinski definition) is 3. The van der Waals surface area contributed by atoms with Crippen LogP contribution in [0.15, 0.2) is 12.1 Å². The summed E-state index contributed by atoms with van der Waals surface area (Å²) in [4.78, 5) is 15.3. The summed E-state index contributed by atoms with van der Waals surface area (Å²) in [6.07, 6.45) is 3.33. The summed E-state index contributed by atoms with van der Waals surface area (Å²) < 4.78 is 0. The number of nitrogens with one attached hydrogen (secondary N) is 1. The zero-order valence-corrected chi connectivity index (χ0v) is 11.1. The van der Waals surface area contributed by atoms with Crippen LogP contribution in [-0.2, 0) is 11.3 Å². The van der Waals surface area contributed by atoms with Gasteiger partial charge in [0.25, 0.3) is 0 Å². The van der Waals surface area contributed by atoms with Crippen LogP contribution < -0.4 is 5.32 Å². The maximum absolute atomic E-state index is 11.0. The third-order valence-electron chi connectivity index (χ3n) is 3.67. The summed E-state index contributed by atoms with van der Waals surface area (Å²) in [5, 5.41) is 22.1. The first-order valence-electron chi connectivity index (χ1n) is 6.68. The number of carboxylic acids is 1. The molecule has 0 spiro atoms. The van der Waals surface area contributed by atoms with Crippen molar-refractivity contribution in [3.63, 3.8) is 0 Å². The van der Waals surface area contributed by atoms with Crippen LogP contribution in [0.5, 0.6) is 5.75 Å². The lowest BCUT2D eigenvalue weighted by Crippen LogP contribution is -2.36. The van der Waals surface area contributed by atoms with Crippen molar-refractivity contribution in [3.8, 4) is 5.75 Å². The molecule has 2 atom stereocenters. The van der Waals surface area contributed by atoms with Crippen LogP contribution in [0.1, 0.15) is 37.1 Å². The second-order valence-corrected chi connectivity index (χ2v) is 5.20. The third kappa shape index (κ3) is 3.67. The molecule has 19 heavy (non-hydrogen) atoms. The molecule has 1 heterocycles. The Morgan fingerprint density at radius 1 is 1.47 bits per heavy atom. The van der Waals surface area contributed by atoms with Crippen molar-refractivity contribution in [1.29, 1.82) is 0 Å². The first-order chi connectivity index (χ1) is 9.06. The third-order valence-corrected chi connectivity index (χ3v) is 3.67. The van der Waals surface area contributed by atoms with E-state index in [0.717, 1.165) is 25.0 Å². The van der Waals surface area contributed by atoms with E-state index in [2.05, 4.69) is 10.3 Å². The van der Waals surface area contributed by atoms with E-state index >= 15 is 0 Å². The number of aliphatic carboxylic acids is 1. The minimum absolute atomic E-state index is 0.184. The Hall–Kier alpha value is -1.62. The molecular formula is C14H20N2O3. The molecule has 1 fully saturated rings. The molecule has 1 aliphatic carbocycles. The molecule has 0 aromatic carbocycles. The molecule has 0 aliphatic heterocycles. The fourth-order valence-electron chi connectivity index (χ4n) is 2.57. The highest BCUT2D eigenvalue weighted by Crippen LogP contribution is 2.25. The van der Waals surface area contributed by atoms with E-state index in [1.54, 1.807) is 12.1 Å². The van der Waals surface area contributed by atoms with Crippen molar-refractivity contribution in [2.75, 3.05) is 0 Å². The van der Waals surface area contributed by atoms with Gasteiger partial charge < -0.3 is 15.5 Å². The van der Waals surface area contributed by atoms with E-state index in [1.165, 1.54) is 0 Å². The number of aromatic hydroxyl groups is 1. The molecule has 0 amide bonds. The lowest BCUT2D eigenvalue weighted by molar-refractivity contribution is -0.143. The number of rotatable bonds is 4. The molecule has 3 N–H and O–H groups in total. The molecule has 104 valence electrons. The van der Waals surface area contributed by atoms with Crippen molar-refractivity contribution >= 4 is 5.97 Å². The number of carboxylic acid groups (broad SMARTS) is 1. The first-order valence-corrected chi connectivity index (χ1v) is 6.68. The lowest BCUT2D eigenvalue weighted by Gasteiger charge is -2.27. The van der Waals surface area contributed by atoms with E-state index < -0.39 is 5.97 Å². The van der Waals surface area contributed by atoms with Gasteiger partial charge in [-0.05, 0) is 38.3 Å². The molecule has 2 unspecified atom stereocenters. The second-order valence-electron chi connectivity index (χ2n) is 5.20. The summed E-state index contributed by atoms with van der Waals surface area (Å²) in [6, 6.07) is 3.59. The minimum atomic E-state index is -0.706. The van der Waals surface area contributed by atoms with Crippen molar-refractivity contribution < 1.29 is 15.0 Å². The Morgan fingerprint density at radius 2 is 2.26 bits per heavy atom. The quantitative estimate of drug-likeness (QED) is 0.773. The maximum Gasteiger partial charge on any atom is 0.306 e. The van der Waals surface area contributed by atoms with Crippen molar-refractivity contribution in [1.82, 2.24) is 10.3 Å².